The molecule has 0 aliphatic heterocycles. The van der Waals surface area contributed by atoms with Crippen LogP contribution in [0.4, 0.5) is 34.4 Å². The Labute approximate surface area is 365 Å². The summed E-state index contributed by atoms with van der Waals surface area (Å²) in [6.45, 7) is 3.95. The van der Waals surface area contributed by atoms with Crippen molar-refractivity contribution in [2.24, 2.45) is 0 Å². The van der Waals surface area contributed by atoms with E-state index in [0.29, 0.717) is 34.1 Å². The molecule has 6 N–H and O–H groups in total. The van der Waals surface area contributed by atoms with Crippen molar-refractivity contribution in [1.82, 2.24) is 50.3 Å². The van der Waals surface area contributed by atoms with Crippen molar-refractivity contribution in [3.8, 4) is 22.5 Å². The summed E-state index contributed by atoms with van der Waals surface area (Å²) < 4.78 is 0. The van der Waals surface area contributed by atoms with Gasteiger partial charge in [-0.05, 0) is 122 Å². The molecule has 10 aromatic rings. The van der Waals surface area contributed by atoms with E-state index in [4.69, 9.17) is 0 Å². The second kappa shape index (κ2) is 18.2. The van der Waals surface area contributed by atoms with E-state index in [1.165, 1.54) is 12.7 Å². The predicted octanol–water partition coefficient (Wildman–Crippen LogP) is 9.44. The molecule has 0 bridgehead atoms. The Morgan fingerprint density at radius 1 is 0.500 bits per heavy atom. The Kier molecular flexibility index (Phi) is 11.4. The van der Waals surface area contributed by atoms with Gasteiger partial charge in [0.05, 0.1) is 34.8 Å². The minimum absolute atomic E-state index is 0.201. The highest BCUT2D eigenvalue weighted by Gasteiger charge is 2.15. The monoisotopic (exact) mass is 842 g/mol. The van der Waals surface area contributed by atoms with E-state index in [-0.39, 0.29) is 11.8 Å². The van der Waals surface area contributed by atoms with Crippen LogP contribution in [0.3, 0.4) is 0 Å². The fraction of sp³-hybridized carbons (Fsp3) is 0.0417. The van der Waals surface area contributed by atoms with Gasteiger partial charge in [-0.1, -0.05) is 12.1 Å². The van der Waals surface area contributed by atoms with Gasteiger partial charge < -0.3 is 21.3 Å². The number of carbonyl (C=O) groups is 2. The zero-order chi connectivity index (χ0) is 43.8. The second-order valence-corrected chi connectivity index (χ2v) is 14.6. The molecule has 0 aliphatic rings. The maximum absolute atomic E-state index is 12.9. The minimum Gasteiger partial charge on any atom is -0.339 e. The number of nitrogens with zero attached hydrogens (tertiary/aromatic N) is 8. The van der Waals surface area contributed by atoms with Crippen LogP contribution in [0.5, 0.6) is 0 Å². The molecular weight excluding hydrogens is 805 g/mol. The minimum atomic E-state index is -0.205. The number of hydrogen-bond acceptors (Lipinski definition) is 12. The number of carbonyl (C=O) groups excluding carboxylic acids is 2. The number of aromatic nitrogens is 10. The number of benzene rings is 4. The third-order valence-electron chi connectivity index (χ3n) is 10.2. The second-order valence-electron chi connectivity index (χ2n) is 14.6. The lowest BCUT2D eigenvalue weighted by Gasteiger charge is -2.14. The number of nitrogens with one attached hydrogen (secondary N) is 6. The molecule has 0 aliphatic carbocycles. The molecular formula is C48H38N14O2. The van der Waals surface area contributed by atoms with Crippen LogP contribution in [0.25, 0.3) is 44.3 Å². The van der Waals surface area contributed by atoms with Crippen molar-refractivity contribution in [2.45, 2.75) is 13.8 Å². The molecule has 0 unspecified atom stereocenters. The Bertz CT molecular complexity index is 3040. The Hall–Kier alpha value is -9.18. The number of rotatable bonds is 10. The van der Waals surface area contributed by atoms with Crippen LogP contribution < -0.4 is 21.3 Å². The van der Waals surface area contributed by atoms with E-state index in [0.717, 1.165) is 66.8 Å². The number of H-pyrrole nitrogens is 2. The summed E-state index contributed by atoms with van der Waals surface area (Å²) in [6.07, 6.45) is 13.3. The SMILES string of the molecule is Cc1ccc(C(=O)Nc2ccc3[nH]ncc3c2)cc1Nc1ncccc1-c1ccncn1.Cc1ccc(C(=O)Nc2ccc3cn[nH]c3c2)cc1Nc1ncccc1-c1ccncn1. The summed E-state index contributed by atoms with van der Waals surface area (Å²) in [6, 6.07) is 33.5. The lowest BCUT2D eigenvalue weighted by Crippen LogP contribution is -2.12. The highest BCUT2D eigenvalue weighted by molar-refractivity contribution is 6.06. The van der Waals surface area contributed by atoms with E-state index in [9.17, 15) is 9.59 Å². The van der Waals surface area contributed by atoms with Gasteiger partial charge in [-0.15, -0.1) is 0 Å². The molecule has 0 saturated heterocycles. The van der Waals surface area contributed by atoms with Gasteiger partial charge in [-0.2, -0.15) is 10.2 Å². The van der Waals surface area contributed by atoms with Gasteiger partial charge in [0.15, 0.2) is 0 Å². The molecule has 0 saturated carbocycles. The first-order valence-electron chi connectivity index (χ1n) is 20.0. The first-order valence-corrected chi connectivity index (χ1v) is 20.0. The van der Waals surface area contributed by atoms with Crippen molar-refractivity contribution in [1.29, 1.82) is 0 Å². The summed E-state index contributed by atoms with van der Waals surface area (Å²) in [5.41, 5.74) is 11.0. The molecule has 0 spiro atoms. The molecule has 0 atom stereocenters. The first-order chi connectivity index (χ1) is 31.3. The zero-order valence-electron chi connectivity index (χ0n) is 34.4. The van der Waals surface area contributed by atoms with Crippen LogP contribution in [0.15, 0.2) is 159 Å². The number of pyridine rings is 2. The lowest BCUT2D eigenvalue weighted by atomic mass is 10.1. The van der Waals surface area contributed by atoms with Gasteiger partial charge in [-0.3, -0.25) is 19.8 Å². The summed E-state index contributed by atoms with van der Waals surface area (Å²) in [4.78, 5) is 51.3. The maximum Gasteiger partial charge on any atom is 0.255 e. The average molecular weight is 843 g/mol. The number of fused-ring (bicyclic) bond motifs is 2. The largest absolute Gasteiger partial charge is 0.339 e. The molecule has 16 nitrogen and oxygen atoms in total. The zero-order valence-corrected chi connectivity index (χ0v) is 34.4. The molecule has 16 heteroatoms. The molecule has 4 aromatic carbocycles. The molecule has 312 valence electrons. The number of hydrogen-bond donors (Lipinski definition) is 6. The quantitative estimate of drug-likeness (QED) is 0.0759. The van der Waals surface area contributed by atoms with Gasteiger partial charge in [0.25, 0.3) is 11.8 Å². The summed E-state index contributed by atoms with van der Waals surface area (Å²) in [5, 5.41) is 28.3. The van der Waals surface area contributed by atoms with Crippen LogP contribution >= 0.6 is 0 Å². The fourth-order valence-corrected chi connectivity index (χ4v) is 6.82. The predicted molar refractivity (Wildman–Crippen MR) is 248 cm³/mol. The number of anilines is 6. The van der Waals surface area contributed by atoms with E-state index in [1.807, 2.05) is 111 Å². The topological polar surface area (TPSA) is 217 Å². The van der Waals surface area contributed by atoms with Crippen LogP contribution in [0.2, 0.25) is 0 Å². The molecule has 6 heterocycles. The molecule has 64 heavy (non-hydrogen) atoms. The van der Waals surface area contributed by atoms with Gasteiger partial charge in [-0.25, -0.2) is 29.9 Å². The number of aryl methyl sites for hydroxylation is 2. The Morgan fingerprint density at radius 3 is 1.59 bits per heavy atom. The van der Waals surface area contributed by atoms with Gasteiger partial charge >= 0.3 is 0 Å². The molecule has 0 fully saturated rings. The third kappa shape index (κ3) is 9.10. The van der Waals surface area contributed by atoms with E-state index in [1.54, 1.807) is 49.3 Å². The van der Waals surface area contributed by atoms with E-state index in [2.05, 4.69) is 71.6 Å². The van der Waals surface area contributed by atoms with Gasteiger partial charge in [0.1, 0.15) is 24.3 Å². The summed E-state index contributed by atoms with van der Waals surface area (Å²) in [5.74, 6) is 0.894. The average Bonchev–Trinajstić information content (AvgIpc) is 4.01. The molecule has 2 amide bonds. The Morgan fingerprint density at radius 2 is 1.03 bits per heavy atom. The first kappa shape index (κ1) is 40.2. The smallest absolute Gasteiger partial charge is 0.255 e. The van der Waals surface area contributed by atoms with Crippen molar-refractivity contribution >= 4 is 68.0 Å². The standard InChI is InChI=1S/2C24H19N7O/c1-15-4-5-16(24(32)29-18-6-7-20-17(11-18)13-28-31-20)12-22(15)30-23-19(3-2-9-26-23)21-8-10-25-14-27-21;1-15-4-5-16(24(32)29-18-7-6-17-13-28-31-22(17)12-18)11-21(15)30-23-19(3-2-9-26-23)20-8-10-25-14-27-20/h2*2-14H,1H3,(H,26,30)(H,28,31)(H,29,32). The maximum atomic E-state index is 12.9. The van der Waals surface area contributed by atoms with Crippen molar-refractivity contribution < 1.29 is 9.59 Å². The molecule has 6 aromatic heterocycles. The third-order valence-corrected chi connectivity index (χ3v) is 10.2. The number of amides is 2. The van der Waals surface area contributed by atoms with E-state index < -0.39 is 0 Å². The fourth-order valence-electron chi connectivity index (χ4n) is 6.82. The lowest BCUT2D eigenvalue weighted by molar-refractivity contribution is 0.101. The molecule has 10 rings (SSSR count). The summed E-state index contributed by atoms with van der Waals surface area (Å²) >= 11 is 0. The van der Waals surface area contributed by atoms with Crippen molar-refractivity contribution in [2.75, 3.05) is 21.3 Å². The highest BCUT2D eigenvalue weighted by Crippen LogP contribution is 2.31. The van der Waals surface area contributed by atoms with Crippen LogP contribution in [-0.4, -0.2) is 62.1 Å². The van der Waals surface area contributed by atoms with Crippen LogP contribution in [-0.2, 0) is 0 Å². The van der Waals surface area contributed by atoms with Crippen molar-refractivity contribution in [3.05, 3.63) is 181 Å². The Balaban J connectivity index is 0.000000162. The highest BCUT2D eigenvalue weighted by atomic mass is 16.2. The van der Waals surface area contributed by atoms with E-state index >= 15 is 0 Å². The van der Waals surface area contributed by atoms with Crippen LogP contribution in [0.1, 0.15) is 31.8 Å². The number of aromatic amines is 2. The molecule has 0 radical (unpaired) electrons. The summed E-state index contributed by atoms with van der Waals surface area (Å²) in [7, 11) is 0. The van der Waals surface area contributed by atoms with Crippen molar-refractivity contribution in [3.63, 3.8) is 0 Å². The van der Waals surface area contributed by atoms with Crippen LogP contribution in [0, 0.1) is 13.8 Å². The normalized spacial score (nSPS) is 10.8. The van der Waals surface area contributed by atoms with Gasteiger partial charge in [0, 0.05) is 80.6 Å². The van der Waals surface area contributed by atoms with Gasteiger partial charge in [0.2, 0.25) is 0 Å².